The van der Waals surface area contributed by atoms with E-state index in [2.05, 4.69) is 4.74 Å². The minimum atomic E-state index is -1.60. The van der Waals surface area contributed by atoms with Crippen LogP contribution in [0.5, 0.6) is 0 Å². The molecular formula is C10H8F2O4. The molecule has 0 fully saturated rings. The van der Waals surface area contributed by atoms with Crippen LogP contribution >= 0.6 is 0 Å². The maximum atomic E-state index is 13.2. The van der Waals surface area contributed by atoms with E-state index in [0.717, 1.165) is 0 Å². The largest absolute Gasteiger partial charge is 0.478 e. The van der Waals surface area contributed by atoms with E-state index in [-0.39, 0.29) is 6.61 Å². The van der Waals surface area contributed by atoms with Crippen LogP contribution in [0.25, 0.3) is 0 Å². The molecule has 0 radical (unpaired) electrons. The van der Waals surface area contributed by atoms with Gasteiger partial charge in [0.2, 0.25) is 0 Å². The quantitative estimate of drug-likeness (QED) is 0.804. The summed E-state index contributed by atoms with van der Waals surface area (Å²) in [4.78, 5) is 21.6. The number of hydrogen-bond donors (Lipinski definition) is 1. The fourth-order valence-electron chi connectivity index (χ4n) is 1.08. The fraction of sp³-hybridized carbons (Fsp3) is 0.200. The monoisotopic (exact) mass is 230 g/mol. The first-order valence-corrected chi connectivity index (χ1v) is 4.36. The highest BCUT2D eigenvalue weighted by molar-refractivity contribution is 5.93. The summed E-state index contributed by atoms with van der Waals surface area (Å²) in [7, 11) is 0. The Morgan fingerprint density at radius 3 is 2.25 bits per heavy atom. The molecule has 6 heteroatoms. The van der Waals surface area contributed by atoms with Crippen molar-refractivity contribution in [1.82, 2.24) is 0 Å². The Hall–Kier alpha value is -1.98. The van der Waals surface area contributed by atoms with Crippen LogP contribution in [0.3, 0.4) is 0 Å². The molecule has 0 amide bonds. The van der Waals surface area contributed by atoms with Gasteiger partial charge in [0.15, 0.2) is 0 Å². The van der Waals surface area contributed by atoms with Crippen molar-refractivity contribution >= 4 is 11.9 Å². The van der Waals surface area contributed by atoms with Gasteiger partial charge in [-0.15, -0.1) is 0 Å². The number of carboxylic acids is 1. The lowest BCUT2D eigenvalue weighted by Gasteiger charge is -2.04. The number of benzene rings is 1. The van der Waals surface area contributed by atoms with Gasteiger partial charge >= 0.3 is 11.9 Å². The maximum Gasteiger partial charge on any atom is 0.341 e. The normalized spacial score (nSPS) is 9.94. The Bertz CT molecular complexity index is 443. The Balaban J connectivity index is 3.20. The van der Waals surface area contributed by atoms with Gasteiger partial charge in [0.1, 0.15) is 11.6 Å². The number of carbonyl (C=O) groups excluding carboxylic acids is 1. The molecule has 1 rings (SSSR count). The van der Waals surface area contributed by atoms with Crippen LogP contribution in [-0.4, -0.2) is 23.7 Å². The van der Waals surface area contributed by atoms with E-state index in [1.807, 2.05) is 0 Å². The van der Waals surface area contributed by atoms with Crippen molar-refractivity contribution in [1.29, 1.82) is 0 Å². The Labute approximate surface area is 89.5 Å². The molecule has 86 valence electrons. The fourth-order valence-corrected chi connectivity index (χ4v) is 1.08. The van der Waals surface area contributed by atoms with Crippen molar-refractivity contribution in [3.05, 3.63) is 34.9 Å². The van der Waals surface area contributed by atoms with Crippen molar-refractivity contribution in [3.63, 3.8) is 0 Å². The second-order valence-corrected chi connectivity index (χ2v) is 2.84. The molecule has 0 aliphatic rings. The van der Waals surface area contributed by atoms with Crippen molar-refractivity contribution < 1.29 is 28.2 Å². The summed E-state index contributed by atoms with van der Waals surface area (Å²) in [5.74, 6) is -4.95. The van der Waals surface area contributed by atoms with E-state index in [1.165, 1.54) is 6.92 Å². The van der Waals surface area contributed by atoms with Gasteiger partial charge < -0.3 is 9.84 Å². The van der Waals surface area contributed by atoms with Gasteiger partial charge in [-0.2, -0.15) is 0 Å². The smallest absolute Gasteiger partial charge is 0.341 e. The van der Waals surface area contributed by atoms with E-state index in [0.29, 0.717) is 12.1 Å². The SMILES string of the molecule is CCOC(=O)c1cc(F)c(C(=O)O)cc1F. The highest BCUT2D eigenvalue weighted by Gasteiger charge is 2.19. The maximum absolute atomic E-state index is 13.2. The standard InChI is InChI=1S/C10H8F2O4/c1-2-16-10(15)6-4-7(11)5(9(13)14)3-8(6)12/h3-4H,2H2,1H3,(H,13,14). The van der Waals surface area contributed by atoms with Crippen molar-refractivity contribution in [2.24, 2.45) is 0 Å². The molecule has 0 saturated heterocycles. The van der Waals surface area contributed by atoms with Gasteiger partial charge in [0.25, 0.3) is 0 Å². The third-order valence-electron chi connectivity index (χ3n) is 1.78. The summed E-state index contributed by atoms with van der Waals surface area (Å²) in [6.45, 7) is 1.53. The second kappa shape index (κ2) is 4.69. The number of rotatable bonds is 3. The lowest BCUT2D eigenvalue weighted by atomic mass is 10.1. The molecule has 0 unspecified atom stereocenters. The zero-order chi connectivity index (χ0) is 12.3. The van der Waals surface area contributed by atoms with E-state index in [4.69, 9.17) is 5.11 Å². The molecule has 0 aromatic heterocycles. The molecule has 0 heterocycles. The first-order valence-electron chi connectivity index (χ1n) is 4.36. The number of hydrogen-bond acceptors (Lipinski definition) is 3. The molecule has 0 aliphatic heterocycles. The van der Waals surface area contributed by atoms with Gasteiger partial charge in [-0.05, 0) is 19.1 Å². The van der Waals surface area contributed by atoms with Crippen LogP contribution in [0.2, 0.25) is 0 Å². The molecule has 0 spiro atoms. The minimum Gasteiger partial charge on any atom is -0.478 e. The number of halogens is 2. The van der Waals surface area contributed by atoms with Crippen LogP contribution in [0, 0.1) is 11.6 Å². The first kappa shape index (κ1) is 12.1. The van der Waals surface area contributed by atoms with Crippen LogP contribution in [0.4, 0.5) is 8.78 Å². The van der Waals surface area contributed by atoms with Crippen LogP contribution in [0.15, 0.2) is 12.1 Å². The summed E-state index contributed by atoms with van der Waals surface area (Å²) in [6, 6.07) is 0.959. The molecule has 1 N–H and O–H groups in total. The topological polar surface area (TPSA) is 63.6 Å². The number of carbonyl (C=O) groups is 2. The van der Waals surface area contributed by atoms with Gasteiger partial charge in [0, 0.05) is 0 Å². The van der Waals surface area contributed by atoms with E-state index < -0.39 is 34.7 Å². The summed E-state index contributed by atoms with van der Waals surface area (Å²) in [6.07, 6.45) is 0. The molecule has 1 aromatic carbocycles. The summed E-state index contributed by atoms with van der Waals surface area (Å²) < 4.78 is 30.8. The Morgan fingerprint density at radius 1 is 1.25 bits per heavy atom. The molecule has 0 saturated carbocycles. The lowest BCUT2D eigenvalue weighted by molar-refractivity contribution is 0.0518. The van der Waals surface area contributed by atoms with Crippen molar-refractivity contribution in [2.75, 3.05) is 6.61 Å². The van der Waals surface area contributed by atoms with Crippen molar-refractivity contribution in [3.8, 4) is 0 Å². The molecule has 0 aliphatic carbocycles. The molecule has 0 atom stereocenters. The Morgan fingerprint density at radius 2 is 1.75 bits per heavy atom. The highest BCUT2D eigenvalue weighted by atomic mass is 19.1. The van der Waals surface area contributed by atoms with E-state index in [1.54, 1.807) is 0 Å². The zero-order valence-corrected chi connectivity index (χ0v) is 8.29. The van der Waals surface area contributed by atoms with Crippen LogP contribution in [-0.2, 0) is 4.74 Å². The van der Waals surface area contributed by atoms with E-state index in [9.17, 15) is 18.4 Å². The van der Waals surface area contributed by atoms with Crippen molar-refractivity contribution in [2.45, 2.75) is 6.92 Å². The first-order chi connectivity index (χ1) is 7.47. The predicted molar refractivity (Wildman–Crippen MR) is 49.3 cm³/mol. The highest BCUT2D eigenvalue weighted by Crippen LogP contribution is 2.16. The van der Waals surface area contributed by atoms with Gasteiger partial charge in [-0.25, -0.2) is 18.4 Å². The zero-order valence-electron chi connectivity index (χ0n) is 8.29. The average molecular weight is 230 g/mol. The molecular weight excluding hydrogens is 222 g/mol. The third kappa shape index (κ3) is 2.33. The lowest BCUT2D eigenvalue weighted by Crippen LogP contribution is -2.10. The van der Waals surface area contributed by atoms with Crippen LogP contribution < -0.4 is 0 Å². The second-order valence-electron chi connectivity index (χ2n) is 2.84. The van der Waals surface area contributed by atoms with Gasteiger partial charge in [0.05, 0.1) is 17.7 Å². The number of esters is 1. The minimum absolute atomic E-state index is 0.0145. The summed E-state index contributed by atoms with van der Waals surface area (Å²) >= 11 is 0. The van der Waals surface area contributed by atoms with Gasteiger partial charge in [-0.1, -0.05) is 0 Å². The molecule has 1 aromatic rings. The average Bonchev–Trinajstić information content (AvgIpc) is 2.20. The summed E-state index contributed by atoms with van der Waals surface area (Å²) in [5, 5.41) is 8.50. The number of aromatic carboxylic acids is 1. The molecule has 0 bridgehead atoms. The van der Waals surface area contributed by atoms with Crippen LogP contribution in [0.1, 0.15) is 27.6 Å². The van der Waals surface area contributed by atoms with Gasteiger partial charge in [-0.3, -0.25) is 0 Å². The predicted octanol–water partition coefficient (Wildman–Crippen LogP) is 1.84. The van der Waals surface area contributed by atoms with E-state index >= 15 is 0 Å². The number of carboxylic acid groups (broad SMARTS) is 1. The summed E-state index contributed by atoms with van der Waals surface area (Å²) in [5.41, 5.74) is -1.45. The Kier molecular flexibility index (Phi) is 3.55. The number of ether oxygens (including phenoxy) is 1. The third-order valence-corrected chi connectivity index (χ3v) is 1.78. The molecule has 16 heavy (non-hydrogen) atoms. The molecule has 4 nitrogen and oxygen atoms in total.